The van der Waals surface area contributed by atoms with Crippen LogP contribution in [-0.4, -0.2) is 44.4 Å². The maximum Gasteiger partial charge on any atom is 0.407 e. The Hall–Kier alpha value is -2.08. The lowest BCUT2D eigenvalue weighted by Gasteiger charge is -2.29. The molecule has 0 radical (unpaired) electrons. The zero-order valence-electron chi connectivity index (χ0n) is 15.1. The number of amides is 2. The lowest BCUT2D eigenvalue weighted by atomic mass is 9.86. The van der Waals surface area contributed by atoms with Gasteiger partial charge in [-0.25, -0.2) is 4.79 Å². The van der Waals surface area contributed by atoms with Crippen LogP contribution in [0.1, 0.15) is 26.3 Å². The summed E-state index contributed by atoms with van der Waals surface area (Å²) < 4.78 is 9.51. The second-order valence-electron chi connectivity index (χ2n) is 6.79. The summed E-state index contributed by atoms with van der Waals surface area (Å²) in [7, 11) is 1.27. The number of hydrogen-bond acceptors (Lipinski definition) is 4. The molecule has 1 unspecified atom stereocenters. The molecule has 1 fully saturated rings. The first-order chi connectivity index (χ1) is 11.2. The number of nitrogens with one attached hydrogen (secondary N) is 2. The molecule has 0 aromatic heterocycles. The van der Waals surface area contributed by atoms with E-state index in [0.29, 0.717) is 13.2 Å². The minimum Gasteiger partial charge on any atom is -0.453 e. The molecule has 24 heavy (non-hydrogen) atoms. The van der Waals surface area contributed by atoms with Gasteiger partial charge in [0.2, 0.25) is 5.91 Å². The van der Waals surface area contributed by atoms with Gasteiger partial charge < -0.3 is 20.1 Å². The van der Waals surface area contributed by atoms with Crippen molar-refractivity contribution in [3.8, 4) is 0 Å². The van der Waals surface area contributed by atoms with Gasteiger partial charge in [0.1, 0.15) is 6.04 Å². The summed E-state index contributed by atoms with van der Waals surface area (Å²) in [6.45, 7) is 8.88. The molecule has 1 aliphatic rings. The standard InChI is InChI=1S/C11H20N2O4.C7H8/c1-11(2,3)8(13-10(15)16-4)9(14)12-5-7-6-17-7;1-7-5-3-2-4-6-7/h7-8H,5-6H2,1-4H3,(H,12,14)(H,13,15);2-6H,1H3/t7-,8?;/m1./s1. The molecule has 2 amide bonds. The summed E-state index contributed by atoms with van der Waals surface area (Å²) in [5.74, 6) is -0.224. The number of aryl methyl sites for hydroxylation is 1. The second-order valence-corrected chi connectivity index (χ2v) is 6.79. The molecule has 1 saturated heterocycles. The molecule has 6 heteroatoms. The fourth-order valence-electron chi connectivity index (χ4n) is 1.89. The minimum atomic E-state index is -0.631. The summed E-state index contributed by atoms with van der Waals surface area (Å²) in [4.78, 5) is 23.1. The van der Waals surface area contributed by atoms with Crippen LogP contribution in [-0.2, 0) is 14.3 Å². The summed E-state index contributed by atoms with van der Waals surface area (Å²) in [6, 6.07) is 9.63. The highest BCUT2D eigenvalue weighted by atomic mass is 16.6. The molecule has 0 saturated carbocycles. The lowest BCUT2D eigenvalue weighted by Crippen LogP contribution is -2.54. The van der Waals surface area contributed by atoms with Crippen LogP contribution < -0.4 is 10.6 Å². The number of carbonyl (C=O) groups is 2. The summed E-state index contributed by atoms with van der Waals surface area (Å²) in [5.41, 5.74) is 0.936. The molecule has 134 valence electrons. The molecule has 6 nitrogen and oxygen atoms in total. The van der Waals surface area contributed by atoms with E-state index >= 15 is 0 Å². The Morgan fingerprint density at radius 2 is 1.88 bits per heavy atom. The smallest absolute Gasteiger partial charge is 0.407 e. The number of hydrogen-bond donors (Lipinski definition) is 2. The molecule has 2 atom stereocenters. The average Bonchev–Trinajstić information content (AvgIpc) is 3.34. The minimum absolute atomic E-state index is 0.123. The topological polar surface area (TPSA) is 80.0 Å². The zero-order chi connectivity index (χ0) is 18.2. The summed E-state index contributed by atoms with van der Waals surface area (Å²) >= 11 is 0. The first-order valence-corrected chi connectivity index (χ1v) is 7.99. The van der Waals surface area contributed by atoms with Crippen LogP contribution >= 0.6 is 0 Å². The van der Waals surface area contributed by atoms with E-state index in [-0.39, 0.29) is 17.4 Å². The van der Waals surface area contributed by atoms with Crippen molar-refractivity contribution in [1.29, 1.82) is 0 Å². The normalized spacial score (nSPS) is 17.0. The number of carbonyl (C=O) groups excluding carboxylic acids is 2. The van der Waals surface area contributed by atoms with E-state index in [0.717, 1.165) is 0 Å². The SMILES string of the molecule is COC(=O)NC(C(=O)NC[C@@H]1CO1)C(C)(C)C.Cc1ccccc1. The van der Waals surface area contributed by atoms with Crippen molar-refractivity contribution in [2.45, 2.75) is 39.8 Å². The first-order valence-electron chi connectivity index (χ1n) is 7.99. The van der Waals surface area contributed by atoms with Crippen molar-refractivity contribution in [1.82, 2.24) is 10.6 Å². The van der Waals surface area contributed by atoms with Crippen molar-refractivity contribution in [3.05, 3.63) is 35.9 Å². The molecule has 1 aromatic rings. The lowest BCUT2D eigenvalue weighted by molar-refractivity contribution is -0.125. The van der Waals surface area contributed by atoms with Crippen LogP contribution in [0.15, 0.2) is 30.3 Å². The van der Waals surface area contributed by atoms with Gasteiger partial charge in [-0.05, 0) is 12.3 Å². The molecule has 0 aliphatic carbocycles. The van der Waals surface area contributed by atoms with Crippen LogP contribution in [0.3, 0.4) is 0 Å². The first kappa shape index (κ1) is 20.0. The van der Waals surface area contributed by atoms with E-state index < -0.39 is 12.1 Å². The molecule has 2 N–H and O–H groups in total. The van der Waals surface area contributed by atoms with Gasteiger partial charge in [0.25, 0.3) is 0 Å². The van der Waals surface area contributed by atoms with E-state index in [1.54, 1.807) is 0 Å². The maximum absolute atomic E-state index is 11.9. The highest BCUT2D eigenvalue weighted by molar-refractivity contribution is 5.86. The van der Waals surface area contributed by atoms with Gasteiger partial charge in [-0.1, -0.05) is 56.7 Å². The Morgan fingerprint density at radius 3 is 2.25 bits per heavy atom. The zero-order valence-corrected chi connectivity index (χ0v) is 15.1. The molecule has 1 aromatic carbocycles. The fraction of sp³-hybridized carbons (Fsp3) is 0.556. The number of epoxide rings is 1. The van der Waals surface area contributed by atoms with Crippen LogP contribution in [0, 0.1) is 12.3 Å². The van der Waals surface area contributed by atoms with Gasteiger partial charge in [-0.3, -0.25) is 4.79 Å². The number of rotatable bonds is 4. The highest BCUT2D eigenvalue weighted by Crippen LogP contribution is 2.19. The Kier molecular flexibility index (Phi) is 7.71. The van der Waals surface area contributed by atoms with Crippen molar-refractivity contribution >= 4 is 12.0 Å². The van der Waals surface area contributed by atoms with Crippen molar-refractivity contribution in [2.75, 3.05) is 20.3 Å². The van der Waals surface area contributed by atoms with Crippen LogP contribution in [0.25, 0.3) is 0 Å². The number of methoxy groups -OCH3 is 1. The largest absolute Gasteiger partial charge is 0.453 e. The van der Waals surface area contributed by atoms with E-state index in [2.05, 4.69) is 34.4 Å². The predicted molar refractivity (Wildman–Crippen MR) is 92.7 cm³/mol. The van der Waals surface area contributed by atoms with Crippen LogP contribution in [0.5, 0.6) is 0 Å². The number of alkyl carbamates (subject to hydrolysis) is 1. The quantitative estimate of drug-likeness (QED) is 0.827. The van der Waals surface area contributed by atoms with Crippen molar-refractivity contribution < 1.29 is 19.1 Å². The Bertz CT molecular complexity index is 522. The third-order valence-electron chi connectivity index (χ3n) is 3.42. The van der Waals surface area contributed by atoms with E-state index in [1.165, 1.54) is 12.7 Å². The highest BCUT2D eigenvalue weighted by Gasteiger charge is 2.34. The van der Waals surface area contributed by atoms with Gasteiger partial charge in [0.05, 0.1) is 19.8 Å². The number of ether oxygens (including phenoxy) is 2. The van der Waals surface area contributed by atoms with Crippen LogP contribution in [0.4, 0.5) is 4.79 Å². The Balaban J connectivity index is 0.000000341. The molecular weight excluding hydrogens is 308 g/mol. The Labute approximate surface area is 143 Å². The van der Waals surface area contributed by atoms with E-state index in [9.17, 15) is 9.59 Å². The third kappa shape index (κ3) is 7.97. The van der Waals surface area contributed by atoms with Gasteiger partial charge in [-0.2, -0.15) is 0 Å². The fourth-order valence-corrected chi connectivity index (χ4v) is 1.89. The van der Waals surface area contributed by atoms with Gasteiger partial charge >= 0.3 is 6.09 Å². The van der Waals surface area contributed by atoms with Gasteiger partial charge in [0.15, 0.2) is 0 Å². The predicted octanol–water partition coefficient (Wildman–Crippen LogP) is 2.27. The van der Waals surface area contributed by atoms with Gasteiger partial charge in [0, 0.05) is 6.54 Å². The molecule has 0 bridgehead atoms. The molecular formula is C18H28N2O4. The second kappa shape index (κ2) is 9.27. The third-order valence-corrected chi connectivity index (χ3v) is 3.42. The van der Waals surface area contributed by atoms with Crippen molar-refractivity contribution in [3.63, 3.8) is 0 Å². The molecule has 1 heterocycles. The van der Waals surface area contributed by atoms with Crippen molar-refractivity contribution in [2.24, 2.45) is 5.41 Å². The maximum atomic E-state index is 11.9. The Morgan fingerprint density at radius 1 is 1.29 bits per heavy atom. The van der Waals surface area contributed by atoms with Crippen LogP contribution in [0.2, 0.25) is 0 Å². The monoisotopic (exact) mass is 336 g/mol. The summed E-state index contributed by atoms with van der Waals surface area (Å²) in [6.07, 6.45) is -0.486. The average molecular weight is 336 g/mol. The molecule has 0 spiro atoms. The van der Waals surface area contributed by atoms with E-state index in [4.69, 9.17) is 4.74 Å². The molecule has 2 rings (SSSR count). The number of benzene rings is 1. The molecule has 1 aliphatic heterocycles. The van der Waals surface area contributed by atoms with Gasteiger partial charge in [-0.15, -0.1) is 0 Å². The summed E-state index contributed by atoms with van der Waals surface area (Å²) in [5, 5.41) is 5.28. The van der Waals surface area contributed by atoms with E-state index in [1.807, 2.05) is 39.0 Å².